The fourth-order valence-electron chi connectivity index (χ4n) is 11.3. The number of imide groups is 1. The number of benzene rings is 1. The quantitative estimate of drug-likeness (QED) is 0.303. The fraction of sp³-hybridized carbons (Fsp3) is 0.643. The van der Waals surface area contributed by atoms with Crippen LogP contribution in [-0.2, 0) is 48.3 Å². The number of aromatic nitrogens is 4. The van der Waals surface area contributed by atoms with Gasteiger partial charge in [0, 0.05) is 88.4 Å². The first-order chi connectivity index (χ1) is 28.8. The van der Waals surface area contributed by atoms with E-state index < -0.39 is 27.6 Å². The predicted octanol–water partition coefficient (Wildman–Crippen LogP) is 2.35. The molecule has 2 aromatic heterocycles. The number of hydrogen-bond acceptors (Lipinski definition) is 10. The van der Waals surface area contributed by atoms with Crippen LogP contribution < -0.4 is 21.2 Å². The number of hydrogen-bond donors (Lipinski definition) is 2. The lowest BCUT2D eigenvalue weighted by molar-refractivity contribution is -0.137. The van der Waals surface area contributed by atoms with Crippen LogP contribution in [0.1, 0.15) is 101 Å². The number of para-hydroxylation sites is 1. The number of piperidine rings is 3. The molecule has 3 aromatic rings. The third kappa shape index (κ3) is 6.37. The molecule has 320 valence electrons. The second kappa shape index (κ2) is 14.5. The van der Waals surface area contributed by atoms with Crippen LogP contribution in [0.2, 0.25) is 0 Å². The molecule has 60 heavy (non-hydrogen) atoms. The van der Waals surface area contributed by atoms with Crippen LogP contribution in [0, 0.1) is 11.3 Å². The summed E-state index contributed by atoms with van der Waals surface area (Å²) >= 11 is 0. The number of aryl methyl sites for hydroxylation is 2. The van der Waals surface area contributed by atoms with E-state index >= 15 is 0 Å². The number of fused-ring (bicyclic) bond motifs is 3. The van der Waals surface area contributed by atoms with Crippen LogP contribution in [0.3, 0.4) is 0 Å². The molecule has 7 heterocycles. The molecule has 10 rings (SSSR count). The molecule has 2 N–H and O–H groups in total. The molecule has 3 atom stereocenters. The summed E-state index contributed by atoms with van der Waals surface area (Å²) in [6, 6.07) is 4.89. The highest BCUT2D eigenvalue weighted by atomic mass is 32.2. The molecule has 4 saturated heterocycles. The normalized spacial score (nSPS) is 26.8. The smallest absolute Gasteiger partial charge is 0.329 e. The van der Waals surface area contributed by atoms with E-state index in [1.165, 1.54) is 9.13 Å². The van der Waals surface area contributed by atoms with Crippen molar-refractivity contribution in [3.05, 3.63) is 46.0 Å². The van der Waals surface area contributed by atoms with Crippen molar-refractivity contribution < 1.29 is 27.6 Å². The number of amides is 4. The number of nitrogens with one attached hydrogen (secondary N) is 2. The zero-order chi connectivity index (χ0) is 41.7. The van der Waals surface area contributed by atoms with Gasteiger partial charge in [0.05, 0.1) is 16.4 Å². The van der Waals surface area contributed by atoms with Gasteiger partial charge in [0.2, 0.25) is 29.6 Å². The molecule has 0 radical (unpaired) electrons. The molecule has 6 fully saturated rings. The summed E-state index contributed by atoms with van der Waals surface area (Å²) in [4.78, 5) is 78.6. The van der Waals surface area contributed by atoms with E-state index in [-0.39, 0.29) is 60.2 Å². The van der Waals surface area contributed by atoms with Gasteiger partial charge in [-0.1, -0.05) is 25.5 Å². The number of carbonyl (C=O) groups is 4. The first-order valence-electron chi connectivity index (χ1n) is 21.8. The predicted molar refractivity (Wildman–Crippen MR) is 221 cm³/mol. The summed E-state index contributed by atoms with van der Waals surface area (Å²) in [6.07, 6.45) is 10.7. The van der Waals surface area contributed by atoms with Gasteiger partial charge in [0.15, 0.2) is 0 Å². The van der Waals surface area contributed by atoms with Gasteiger partial charge in [-0.3, -0.25) is 38.5 Å². The Morgan fingerprint density at radius 3 is 2.45 bits per heavy atom. The van der Waals surface area contributed by atoms with Crippen LogP contribution in [-0.4, -0.2) is 116 Å². The minimum Gasteiger partial charge on any atom is -0.351 e. The number of nitrogens with zero attached hydrogens (tertiary/aromatic N) is 8. The standard InChI is InChI=1S/C42H54N10O7S/c1-26-6-3-8-30(26)52-36-29(42(17-18-42)38(52)56)22-43-39(46-36)44-28-14-20-49(21-15-28)60(58,59)50-24-41(25-50)16-5-19-48(23-41)34(54)13-10-27-7-4-9-31-35(27)47(2)40(57)51(31)32-11-12-33(53)45-37(32)55/h4,7,9,22,26,28,30,32H,3,5-6,8,10-21,23-25H2,1-2H3,(H,43,44,46)(H,45,53,55). The molecule has 18 heteroatoms. The number of likely N-dealkylation sites (tertiary alicyclic amines) is 1. The van der Waals surface area contributed by atoms with Crippen LogP contribution in [0.15, 0.2) is 29.2 Å². The van der Waals surface area contributed by atoms with Crippen molar-refractivity contribution in [2.45, 2.75) is 114 Å². The average molecular weight is 843 g/mol. The molecule has 3 unspecified atom stereocenters. The molecule has 2 aliphatic carbocycles. The van der Waals surface area contributed by atoms with Gasteiger partial charge in [0.1, 0.15) is 11.9 Å². The third-order valence-corrected chi connectivity index (χ3v) is 16.8. The molecule has 0 bridgehead atoms. The van der Waals surface area contributed by atoms with Crippen molar-refractivity contribution in [1.82, 2.24) is 37.9 Å². The number of carbonyl (C=O) groups excluding carboxylic acids is 4. The van der Waals surface area contributed by atoms with E-state index in [1.54, 1.807) is 21.7 Å². The van der Waals surface area contributed by atoms with Crippen LogP contribution in [0.4, 0.5) is 11.8 Å². The Morgan fingerprint density at radius 2 is 1.73 bits per heavy atom. The minimum atomic E-state index is -3.68. The molecular weight excluding hydrogens is 789 g/mol. The fourth-order valence-corrected chi connectivity index (χ4v) is 13.2. The van der Waals surface area contributed by atoms with E-state index in [4.69, 9.17) is 4.98 Å². The zero-order valence-corrected chi connectivity index (χ0v) is 35.2. The van der Waals surface area contributed by atoms with Gasteiger partial charge in [-0.2, -0.15) is 22.0 Å². The van der Waals surface area contributed by atoms with Crippen molar-refractivity contribution in [3.8, 4) is 0 Å². The largest absolute Gasteiger partial charge is 0.351 e. The van der Waals surface area contributed by atoms with Crippen molar-refractivity contribution in [1.29, 1.82) is 0 Å². The zero-order valence-electron chi connectivity index (χ0n) is 34.4. The highest BCUT2D eigenvalue weighted by Gasteiger charge is 2.62. The van der Waals surface area contributed by atoms with Gasteiger partial charge in [0.25, 0.3) is 10.2 Å². The van der Waals surface area contributed by atoms with Crippen LogP contribution in [0.5, 0.6) is 0 Å². The van der Waals surface area contributed by atoms with E-state index in [0.717, 1.165) is 61.9 Å². The monoisotopic (exact) mass is 842 g/mol. The molecule has 7 aliphatic rings. The summed E-state index contributed by atoms with van der Waals surface area (Å²) < 4.78 is 33.8. The highest BCUT2D eigenvalue weighted by molar-refractivity contribution is 7.86. The molecule has 2 saturated carbocycles. The van der Waals surface area contributed by atoms with Crippen LogP contribution in [0.25, 0.3) is 11.0 Å². The number of imidazole rings is 1. The van der Waals surface area contributed by atoms with Gasteiger partial charge < -0.3 is 10.2 Å². The van der Waals surface area contributed by atoms with Crippen LogP contribution >= 0.6 is 0 Å². The summed E-state index contributed by atoms with van der Waals surface area (Å²) in [6.45, 7) is 4.86. The first kappa shape index (κ1) is 39.5. The maximum absolute atomic E-state index is 13.9. The Bertz CT molecular complexity index is 2460. The van der Waals surface area contributed by atoms with Crippen molar-refractivity contribution in [2.24, 2.45) is 18.4 Å². The Morgan fingerprint density at radius 1 is 0.950 bits per heavy atom. The lowest BCUT2D eigenvalue weighted by Gasteiger charge is -2.54. The Kier molecular flexibility index (Phi) is 9.51. The van der Waals surface area contributed by atoms with Crippen molar-refractivity contribution >= 4 is 56.6 Å². The molecule has 17 nitrogen and oxygen atoms in total. The van der Waals surface area contributed by atoms with Gasteiger partial charge >= 0.3 is 5.69 Å². The Labute approximate surface area is 349 Å². The van der Waals surface area contributed by atoms with Gasteiger partial charge in [-0.15, -0.1) is 0 Å². The van der Waals surface area contributed by atoms with Gasteiger partial charge in [-0.05, 0) is 81.8 Å². The average Bonchev–Trinajstić information content (AvgIpc) is 3.79. The molecule has 2 spiro atoms. The van der Waals surface area contributed by atoms with E-state index in [2.05, 4.69) is 22.5 Å². The van der Waals surface area contributed by atoms with E-state index in [9.17, 15) is 32.4 Å². The Balaban J connectivity index is 0.736. The number of anilines is 2. The van der Waals surface area contributed by atoms with Gasteiger partial charge in [-0.25, -0.2) is 9.78 Å². The number of rotatable bonds is 9. The van der Waals surface area contributed by atoms with E-state index in [1.807, 2.05) is 28.1 Å². The Hall–Kier alpha value is -4.68. The van der Waals surface area contributed by atoms with E-state index in [0.29, 0.717) is 81.4 Å². The first-order valence-corrected chi connectivity index (χ1v) is 23.2. The summed E-state index contributed by atoms with van der Waals surface area (Å²) in [5.41, 5.74) is 1.97. The second-order valence-corrected chi connectivity index (χ2v) is 20.6. The highest BCUT2D eigenvalue weighted by Crippen LogP contribution is 2.58. The van der Waals surface area contributed by atoms with Crippen molar-refractivity contribution in [2.75, 3.05) is 49.5 Å². The topological polar surface area (TPSA) is 192 Å². The maximum Gasteiger partial charge on any atom is 0.329 e. The molecule has 5 aliphatic heterocycles. The summed E-state index contributed by atoms with van der Waals surface area (Å²) in [7, 11) is -2.02. The lowest BCUT2D eigenvalue weighted by Crippen LogP contribution is -2.66. The lowest BCUT2D eigenvalue weighted by atomic mass is 9.75. The third-order valence-electron chi connectivity index (χ3n) is 14.8. The maximum atomic E-state index is 13.9. The minimum absolute atomic E-state index is 0.00287. The molecular formula is C42H54N10O7S. The molecule has 1 aromatic carbocycles. The second-order valence-electron chi connectivity index (χ2n) is 18.6. The molecule has 4 amide bonds. The SMILES string of the molecule is CC1CCCC1N1C(=O)C2(CC2)c2cnc(NC3CCN(S(=O)(=O)N4CC5(CCCN(C(=O)CCc6cccc7c6n(C)c(=O)n7C6CCC(=O)NC6=O)C5)C4)CC3)nc21. The van der Waals surface area contributed by atoms with Crippen molar-refractivity contribution in [3.63, 3.8) is 0 Å². The summed E-state index contributed by atoms with van der Waals surface area (Å²) in [5, 5.41) is 5.81. The summed E-state index contributed by atoms with van der Waals surface area (Å²) in [5.74, 6) is 1.01.